The van der Waals surface area contributed by atoms with Crippen molar-refractivity contribution in [3.05, 3.63) is 80.7 Å². The molecule has 0 fully saturated rings. The zero-order valence-electron chi connectivity index (χ0n) is 14.4. The highest BCUT2D eigenvalue weighted by Crippen LogP contribution is 2.27. The van der Waals surface area contributed by atoms with Gasteiger partial charge in [-0.15, -0.1) is 0 Å². The van der Waals surface area contributed by atoms with Gasteiger partial charge in [0.05, 0.1) is 0 Å². The number of benzene rings is 2. The van der Waals surface area contributed by atoms with Gasteiger partial charge in [-0.05, 0) is 42.2 Å². The molecule has 3 aromatic rings. The third-order valence-electron chi connectivity index (χ3n) is 4.00. The van der Waals surface area contributed by atoms with Gasteiger partial charge in [-0.2, -0.15) is 0 Å². The molecule has 0 aliphatic heterocycles. The fraction of sp³-hybridized carbons (Fsp3) is 0.200. The average Bonchev–Trinajstić information content (AvgIpc) is 2.62. The van der Waals surface area contributed by atoms with Gasteiger partial charge in [-0.25, -0.2) is 4.79 Å². The molecule has 2 N–H and O–H groups in total. The Balaban J connectivity index is 1.69. The molecule has 2 aromatic carbocycles. The number of nitrogens with zero attached hydrogens (tertiary/aromatic N) is 1. The summed E-state index contributed by atoms with van der Waals surface area (Å²) in [7, 11) is 0. The maximum atomic E-state index is 11.8. The van der Waals surface area contributed by atoms with Crippen molar-refractivity contribution in [1.82, 2.24) is 0 Å². The molecule has 0 atom stereocenters. The molecular formula is C20H19ClN2O2S. The topological polar surface area (TPSA) is 68.6 Å². The number of aryl methyl sites for hydroxylation is 1. The van der Waals surface area contributed by atoms with Crippen LogP contribution in [0, 0.1) is 6.92 Å². The number of halogens is 1. The van der Waals surface area contributed by atoms with Crippen molar-refractivity contribution < 1.29 is 4.42 Å². The molecule has 0 spiro atoms. The van der Waals surface area contributed by atoms with Crippen LogP contribution in [0.4, 0.5) is 0 Å². The standard InChI is InChI=1S/C20H19ClN2O2S/c1-13-9-18-16(11-17(13)21)15(10-19(24)25-18)12-26-20(22)23-8-7-14-5-3-2-4-6-14/h2-6,9-11H,7-8,12H2,1H3,(H2,22,23). The number of rotatable bonds is 5. The number of fused-ring (bicyclic) bond motifs is 1. The Morgan fingerprint density at radius 1 is 1.23 bits per heavy atom. The first-order valence-electron chi connectivity index (χ1n) is 8.22. The van der Waals surface area contributed by atoms with E-state index in [0.717, 1.165) is 22.9 Å². The highest BCUT2D eigenvalue weighted by Gasteiger charge is 2.09. The molecule has 134 valence electrons. The second kappa shape index (κ2) is 8.43. The molecule has 0 bridgehead atoms. The van der Waals surface area contributed by atoms with Crippen molar-refractivity contribution in [1.29, 1.82) is 0 Å². The summed E-state index contributed by atoms with van der Waals surface area (Å²) in [4.78, 5) is 16.2. The second-order valence-electron chi connectivity index (χ2n) is 5.93. The van der Waals surface area contributed by atoms with Gasteiger partial charge in [-0.1, -0.05) is 53.7 Å². The highest BCUT2D eigenvalue weighted by molar-refractivity contribution is 8.13. The molecule has 3 rings (SSSR count). The fourth-order valence-corrected chi connectivity index (χ4v) is 3.49. The average molecular weight is 387 g/mol. The number of thioether (sulfide) groups is 1. The van der Waals surface area contributed by atoms with Crippen LogP contribution < -0.4 is 11.4 Å². The first-order chi connectivity index (χ1) is 12.5. The molecule has 26 heavy (non-hydrogen) atoms. The van der Waals surface area contributed by atoms with Gasteiger partial charge in [0.25, 0.3) is 0 Å². The summed E-state index contributed by atoms with van der Waals surface area (Å²) in [6.07, 6.45) is 0.842. The van der Waals surface area contributed by atoms with Gasteiger partial charge in [0.1, 0.15) is 5.58 Å². The number of hydrogen-bond donors (Lipinski definition) is 1. The van der Waals surface area contributed by atoms with Crippen molar-refractivity contribution in [2.75, 3.05) is 6.54 Å². The van der Waals surface area contributed by atoms with Crippen LogP contribution in [-0.2, 0) is 12.2 Å². The summed E-state index contributed by atoms with van der Waals surface area (Å²) in [5, 5.41) is 1.97. The minimum absolute atomic E-state index is 0.380. The normalized spacial score (nSPS) is 11.8. The van der Waals surface area contributed by atoms with E-state index in [1.165, 1.54) is 23.4 Å². The molecule has 0 amide bonds. The van der Waals surface area contributed by atoms with Gasteiger partial charge in [0.2, 0.25) is 0 Å². The van der Waals surface area contributed by atoms with Gasteiger partial charge in [0.15, 0.2) is 5.17 Å². The lowest BCUT2D eigenvalue weighted by Gasteiger charge is -2.07. The molecule has 0 aliphatic rings. The van der Waals surface area contributed by atoms with Crippen LogP contribution in [-0.4, -0.2) is 11.7 Å². The monoisotopic (exact) mass is 386 g/mol. The Hall–Kier alpha value is -2.24. The van der Waals surface area contributed by atoms with Crippen LogP contribution in [0.1, 0.15) is 16.7 Å². The first kappa shape index (κ1) is 18.5. The Kier molecular flexibility index (Phi) is 6.01. The third kappa shape index (κ3) is 4.68. The van der Waals surface area contributed by atoms with Crippen LogP contribution in [0.2, 0.25) is 5.02 Å². The Morgan fingerprint density at radius 3 is 2.77 bits per heavy atom. The Labute approximate surface area is 161 Å². The predicted molar refractivity (Wildman–Crippen MR) is 110 cm³/mol. The summed E-state index contributed by atoms with van der Waals surface area (Å²) in [5.74, 6) is 0.530. The van der Waals surface area contributed by atoms with Crippen molar-refractivity contribution in [3.8, 4) is 0 Å². The van der Waals surface area contributed by atoms with E-state index in [0.29, 0.717) is 28.1 Å². The quantitative estimate of drug-likeness (QED) is 0.397. The van der Waals surface area contributed by atoms with Crippen LogP contribution in [0.5, 0.6) is 0 Å². The lowest BCUT2D eigenvalue weighted by molar-refractivity contribution is 0.559. The molecule has 0 aliphatic carbocycles. The molecule has 0 saturated heterocycles. The molecule has 0 unspecified atom stereocenters. The summed E-state index contributed by atoms with van der Waals surface area (Å²) >= 11 is 7.62. The van der Waals surface area contributed by atoms with Gasteiger partial charge in [-0.3, -0.25) is 4.99 Å². The molecule has 1 heterocycles. The molecule has 0 saturated carbocycles. The number of aliphatic imine (C=N–C) groups is 1. The van der Waals surface area contributed by atoms with E-state index in [1.807, 2.05) is 31.2 Å². The lowest BCUT2D eigenvalue weighted by Crippen LogP contribution is -2.09. The van der Waals surface area contributed by atoms with Crippen molar-refractivity contribution in [2.45, 2.75) is 19.1 Å². The van der Waals surface area contributed by atoms with Crippen molar-refractivity contribution in [2.24, 2.45) is 10.7 Å². The predicted octanol–water partition coefficient (Wildman–Crippen LogP) is 4.55. The van der Waals surface area contributed by atoms with Crippen LogP contribution in [0.25, 0.3) is 11.0 Å². The number of amidine groups is 1. The van der Waals surface area contributed by atoms with E-state index in [4.69, 9.17) is 21.8 Å². The minimum Gasteiger partial charge on any atom is -0.423 e. The van der Waals surface area contributed by atoms with Gasteiger partial charge >= 0.3 is 5.63 Å². The zero-order chi connectivity index (χ0) is 18.5. The lowest BCUT2D eigenvalue weighted by atomic mass is 10.1. The fourth-order valence-electron chi connectivity index (χ4n) is 2.60. The van der Waals surface area contributed by atoms with Crippen LogP contribution in [0.3, 0.4) is 0 Å². The molecule has 1 aromatic heterocycles. The molecule has 6 heteroatoms. The van der Waals surface area contributed by atoms with E-state index in [2.05, 4.69) is 17.1 Å². The van der Waals surface area contributed by atoms with E-state index in [-0.39, 0.29) is 5.63 Å². The van der Waals surface area contributed by atoms with E-state index in [9.17, 15) is 4.79 Å². The summed E-state index contributed by atoms with van der Waals surface area (Å²) in [6.45, 7) is 2.51. The summed E-state index contributed by atoms with van der Waals surface area (Å²) < 4.78 is 5.27. The maximum absolute atomic E-state index is 11.8. The summed E-state index contributed by atoms with van der Waals surface area (Å²) in [5.41, 5.74) is 9.10. The van der Waals surface area contributed by atoms with Crippen molar-refractivity contribution >= 4 is 39.5 Å². The second-order valence-corrected chi connectivity index (χ2v) is 7.34. The highest BCUT2D eigenvalue weighted by atomic mass is 35.5. The summed E-state index contributed by atoms with van der Waals surface area (Å²) in [6, 6.07) is 15.2. The van der Waals surface area contributed by atoms with Crippen LogP contribution in [0.15, 0.2) is 62.7 Å². The van der Waals surface area contributed by atoms with Gasteiger partial charge in [0, 0.05) is 28.8 Å². The number of nitrogens with two attached hydrogens (primary N) is 1. The largest absolute Gasteiger partial charge is 0.423 e. The minimum atomic E-state index is -0.380. The van der Waals surface area contributed by atoms with E-state index < -0.39 is 0 Å². The molecule has 0 radical (unpaired) electrons. The molecule has 4 nitrogen and oxygen atoms in total. The van der Waals surface area contributed by atoms with Gasteiger partial charge < -0.3 is 10.2 Å². The first-order valence-corrected chi connectivity index (χ1v) is 9.59. The van der Waals surface area contributed by atoms with Crippen molar-refractivity contribution in [3.63, 3.8) is 0 Å². The number of hydrogen-bond acceptors (Lipinski definition) is 4. The smallest absolute Gasteiger partial charge is 0.336 e. The van der Waals surface area contributed by atoms with E-state index in [1.54, 1.807) is 6.07 Å². The maximum Gasteiger partial charge on any atom is 0.336 e. The van der Waals surface area contributed by atoms with E-state index >= 15 is 0 Å². The zero-order valence-corrected chi connectivity index (χ0v) is 15.9. The third-order valence-corrected chi connectivity index (χ3v) is 5.28. The van der Waals surface area contributed by atoms with Crippen LogP contribution >= 0.6 is 23.4 Å². The SMILES string of the molecule is Cc1cc2oc(=O)cc(CSC(N)=NCCc3ccccc3)c2cc1Cl. The molecular weight excluding hydrogens is 368 g/mol. The Morgan fingerprint density at radius 2 is 2.00 bits per heavy atom. The Bertz CT molecular complexity index is 1000.